The van der Waals surface area contributed by atoms with Crippen molar-refractivity contribution in [3.8, 4) is 0 Å². The van der Waals surface area contributed by atoms with Crippen molar-refractivity contribution >= 4 is 12.4 Å². The summed E-state index contributed by atoms with van der Waals surface area (Å²) in [5.74, 6) is 1.75. The predicted molar refractivity (Wildman–Crippen MR) is 45.8 cm³/mol. The van der Waals surface area contributed by atoms with Crippen LogP contribution in [0.1, 0.15) is 18.6 Å². The van der Waals surface area contributed by atoms with Crippen molar-refractivity contribution in [3.63, 3.8) is 0 Å². The number of aryl methyl sites for hydroxylation is 1. The molecule has 0 unspecified atom stereocenters. The molecule has 0 atom stereocenters. The van der Waals surface area contributed by atoms with Gasteiger partial charge in [-0.3, -0.25) is 5.10 Å². The fourth-order valence-corrected chi connectivity index (χ4v) is 0.741. The van der Waals surface area contributed by atoms with Crippen LogP contribution in [0.5, 0.6) is 0 Å². The van der Waals surface area contributed by atoms with Crippen LogP contribution in [0.2, 0.25) is 0 Å². The monoisotopic (exact) mass is 176 g/mol. The first-order valence-corrected chi connectivity index (χ1v) is 3.47. The number of hydrogen-bond donors (Lipinski definition) is 2. The Morgan fingerprint density at radius 2 is 2.27 bits per heavy atom. The molecular formula is C6H13ClN4. The zero-order chi connectivity index (χ0) is 7.40. The molecule has 0 spiro atoms. The van der Waals surface area contributed by atoms with Gasteiger partial charge in [0, 0.05) is 12.8 Å². The van der Waals surface area contributed by atoms with Gasteiger partial charge in [0.05, 0.1) is 0 Å². The van der Waals surface area contributed by atoms with E-state index in [1.807, 2.05) is 6.92 Å². The Hall–Kier alpha value is -0.610. The van der Waals surface area contributed by atoms with Crippen molar-refractivity contribution in [1.29, 1.82) is 0 Å². The highest BCUT2D eigenvalue weighted by Crippen LogP contribution is 1.92. The van der Waals surface area contributed by atoms with Gasteiger partial charge >= 0.3 is 0 Å². The minimum Gasteiger partial charge on any atom is -0.330 e. The number of nitrogens with zero attached hydrogens (tertiary/aromatic N) is 2. The molecule has 0 radical (unpaired) electrons. The molecule has 1 aromatic rings. The number of aromatic amines is 1. The van der Waals surface area contributed by atoms with Crippen LogP contribution in [0.15, 0.2) is 0 Å². The Balaban J connectivity index is 0.000001000. The molecule has 0 saturated carbocycles. The van der Waals surface area contributed by atoms with E-state index in [-0.39, 0.29) is 12.4 Å². The molecule has 11 heavy (non-hydrogen) atoms. The van der Waals surface area contributed by atoms with Crippen molar-refractivity contribution in [3.05, 3.63) is 11.6 Å². The maximum Gasteiger partial charge on any atom is 0.150 e. The zero-order valence-corrected chi connectivity index (χ0v) is 7.32. The van der Waals surface area contributed by atoms with Crippen LogP contribution in [-0.4, -0.2) is 21.7 Å². The third kappa shape index (κ3) is 2.86. The van der Waals surface area contributed by atoms with Crippen LogP contribution in [0.4, 0.5) is 0 Å². The lowest BCUT2D eigenvalue weighted by molar-refractivity contribution is 0.874. The van der Waals surface area contributed by atoms with Crippen molar-refractivity contribution in [2.75, 3.05) is 6.54 Å². The van der Waals surface area contributed by atoms with Gasteiger partial charge in [-0.25, -0.2) is 4.98 Å². The molecule has 64 valence electrons. The Kier molecular flexibility index (Phi) is 4.81. The summed E-state index contributed by atoms with van der Waals surface area (Å²) in [7, 11) is 0. The van der Waals surface area contributed by atoms with Gasteiger partial charge in [0.2, 0.25) is 0 Å². The molecule has 1 aromatic heterocycles. The smallest absolute Gasteiger partial charge is 0.150 e. The molecule has 1 heterocycles. The number of nitrogens with one attached hydrogen (secondary N) is 1. The summed E-state index contributed by atoms with van der Waals surface area (Å²) >= 11 is 0. The normalized spacial score (nSPS) is 9.27. The summed E-state index contributed by atoms with van der Waals surface area (Å²) in [6.07, 6.45) is 1.66. The second-order valence-corrected chi connectivity index (χ2v) is 2.09. The standard InChI is InChI=1S/C6H12N4.ClH/c1-2-5-8-6(3-4-7)10-9-5;/h2-4,7H2,1H3,(H,8,9,10);1H. The van der Waals surface area contributed by atoms with Crippen molar-refractivity contribution in [2.24, 2.45) is 5.73 Å². The summed E-state index contributed by atoms with van der Waals surface area (Å²) in [6.45, 7) is 2.65. The summed E-state index contributed by atoms with van der Waals surface area (Å²) in [4.78, 5) is 4.17. The first-order chi connectivity index (χ1) is 4.86. The van der Waals surface area contributed by atoms with Gasteiger partial charge in [0.15, 0.2) is 0 Å². The Labute approximate surface area is 72.0 Å². The Morgan fingerprint density at radius 3 is 2.73 bits per heavy atom. The fraction of sp³-hybridized carbons (Fsp3) is 0.667. The number of nitrogens with two attached hydrogens (primary N) is 1. The lowest BCUT2D eigenvalue weighted by atomic mass is 10.4. The molecule has 0 saturated heterocycles. The average molecular weight is 177 g/mol. The van der Waals surface area contributed by atoms with Crippen LogP contribution in [0.3, 0.4) is 0 Å². The number of H-pyrrole nitrogens is 1. The lowest BCUT2D eigenvalue weighted by Gasteiger charge is -1.86. The first kappa shape index (κ1) is 10.4. The molecule has 0 bridgehead atoms. The summed E-state index contributed by atoms with van der Waals surface area (Å²) in [6, 6.07) is 0. The van der Waals surface area contributed by atoms with Gasteiger partial charge < -0.3 is 5.73 Å². The molecule has 0 aliphatic heterocycles. The number of rotatable bonds is 3. The maximum atomic E-state index is 5.32. The molecule has 1 rings (SSSR count). The maximum absolute atomic E-state index is 5.32. The molecule has 0 fully saturated rings. The summed E-state index contributed by atoms with van der Waals surface area (Å²) < 4.78 is 0. The van der Waals surface area contributed by atoms with Gasteiger partial charge in [-0.15, -0.1) is 12.4 Å². The molecule has 5 heteroatoms. The molecule has 0 amide bonds. The number of aromatic nitrogens is 3. The minimum atomic E-state index is 0. The van der Waals surface area contributed by atoms with E-state index < -0.39 is 0 Å². The molecule has 0 aromatic carbocycles. The van der Waals surface area contributed by atoms with Crippen molar-refractivity contribution in [2.45, 2.75) is 19.8 Å². The average Bonchev–Trinajstić information content (AvgIpc) is 2.37. The van der Waals surface area contributed by atoms with Gasteiger partial charge in [-0.2, -0.15) is 5.10 Å². The third-order valence-corrected chi connectivity index (χ3v) is 1.28. The van der Waals surface area contributed by atoms with Crippen LogP contribution in [0, 0.1) is 0 Å². The molecular weight excluding hydrogens is 164 g/mol. The molecule has 3 N–H and O–H groups in total. The lowest BCUT2D eigenvalue weighted by Crippen LogP contribution is -2.03. The minimum absolute atomic E-state index is 0. The van der Waals surface area contributed by atoms with E-state index in [4.69, 9.17) is 5.73 Å². The topological polar surface area (TPSA) is 67.6 Å². The van der Waals surface area contributed by atoms with E-state index in [0.717, 1.165) is 24.5 Å². The van der Waals surface area contributed by atoms with E-state index in [2.05, 4.69) is 15.2 Å². The van der Waals surface area contributed by atoms with E-state index >= 15 is 0 Å². The quantitative estimate of drug-likeness (QED) is 0.696. The first-order valence-electron chi connectivity index (χ1n) is 3.47. The number of halogens is 1. The summed E-state index contributed by atoms with van der Waals surface area (Å²) in [5.41, 5.74) is 5.32. The van der Waals surface area contributed by atoms with E-state index in [0.29, 0.717) is 6.54 Å². The zero-order valence-electron chi connectivity index (χ0n) is 6.50. The Morgan fingerprint density at radius 1 is 1.55 bits per heavy atom. The third-order valence-electron chi connectivity index (χ3n) is 1.28. The highest BCUT2D eigenvalue weighted by molar-refractivity contribution is 5.85. The second-order valence-electron chi connectivity index (χ2n) is 2.09. The molecule has 4 nitrogen and oxygen atoms in total. The van der Waals surface area contributed by atoms with Crippen LogP contribution in [0.25, 0.3) is 0 Å². The predicted octanol–water partition coefficient (Wildman–Crippen LogP) is 0.290. The van der Waals surface area contributed by atoms with Gasteiger partial charge in [0.1, 0.15) is 11.6 Å². The highest BCUT2D eigenvalue weighted by atomic mass is 35.5. The van der Waals surface area contributed by atoms with Crippen molar-refractivity contribution < 1.29 is 0 Å². The second kappa shape index (κ2) is 5.09. The van der Waals surface area contributed by atoms with Gasteiger partial charge in [0.25, 0.3) is 0 Å². The van der Waals surface area contributed by atoms with E-state index in [1.165, 1.54) is 0 Å². The van der Waals surface area contributed by atoms with Crippen LogP contribution < -0.4 is 5.73 Å². The number of hydrogen-bond acceptors (Lipinski definition) is 3. The highest BCUT2D eigenvalue weighted by Gasteiger charge is 1.97. The molecule has 0 aliphatic rings. The Bertz CT molecular complexity index is 198. The van der Waals surface area contributed by atoms with Crippen LogP contribution in [-0.2, 0) is 12.8 Å². The largest absolute Gasteiger partial charge is 0.330 e. The van der Waals surface area contributed by atoms with Crippen molar-refractivity contribution in [1.82, 2.24) is 15.2 Å². The van der Waals surface area contributed by atoms with Gasteiger partial charge in [-0.1, -0.05) is 6.92 Å². The van der Waals surface area contributed by atoms with Gasteiger partial charge in [-0.05, 0) is 6.54 Å². The SMILES string of the molecule is CCc1n[nH]c(CCN)n1.Cl. The van der Waals surface area contributed by atoms with Crippen LogP contribution >= 0.6 is 12.4 Å². The summed E-state index contributed by atoms with van der Waals surface area (Å²) in [5, 5.41) is 6.78. The van der Waals surface area contributed by atoms with E-state index in [9.17, 15) is 0 Å². The molecule has 0 aliphatic carbocycles. The van der Waals surface area contributed by atoms with E-state index in [1.54, 1.807) is 0 Å². The fourth-order valence-electron chi connectivity index (χ4n) is 0.741.